The third-order valence-corrected chi connectivity index (χ3v) is 2.82. The van der Waals surface area contributed by atoms with Crippen LogP contribution >= 0.6 is 0 Å². The number of ether oxygens (including phenoxy) is 1. The summed E-state index contributed by atoms with van der Waals surface area (Å²) in [6.45, 7) is 0. The molecule has 0 saturated heterocycles. The number of hydrogen-bond acceptors (Lipinski definition) is 3. The summed E-state index contributed by atoms with van der Waals surface area (Å²) < 4.78 is 4.60. The molecule has 100 valence electrons. The first kappa shape index (κ1) is 13.7. The predicted octanol–water partition coefficient (Wildman–Crippen LogP) is 3.37. The molecule has 0 atom stereocenters. The molecule has 0 unspecified atom stereocenters. The monoisotopic (exact) mass is 266 g/mol. The van der Waals surface area contributed by atoms with E-state index in [4.69, 9.17) is 0 Å². The predicted molar refractivity (Wildman–Crippen MR) is 77.6 cm³/mol. The minimum Gasteiger partial charge on any atom is -0.465 e. The van der Waals surface area contributed by atoms with E-state index in [0.717, 1.165) is 5.56 Å². The molecule has 0 aliphatic heterocycles. The van der Waals surface area contributed by atoms with Gasteiger partial charge in [0.15, 0.2) is 5.78 Å². The van der Waals surface area contributed by atoms with Crippen LogP contribution < -0.4 is 0 Å². The normalized spacial score (nSPS) is 10.4. The topological polar surface area (TPSA) is 43.4 Å². The molecule has 0 fully saturated rings. The van der Waals surface area contributed by atoms with Crippen LogP contribution in [0.5, 0.6) is 0 Å². The van der Waals surface area contributed by atoms with E-state index in [1.807, 2.05) is 30.3 Å². The van der Waals surface area contributed by atoms with Gasteiger partial charge in [0.05, 0.1) is 12.7 Å². The molecule has 0 spiro atoms. The Kier molecular flexibility index (Phi) is 4.45. The van der Waals surface area contributed by atoms with Crippen LogP contribution in [0.3, 0.4) is 0 Å². The second-order valence-corrected chi connectivity index (χ2v) is 4.18. The Morgan fingerprint density at radius 1 is 0.900 bits per heavy atom. The van der Waals surface area contributed by atoms with Gasteiger partial charge in [-0.05, 0) is 23.8 Å². The first-order valence-electron chi connectivity index (χ1n) is 6.16. The highest BCUT2D eigenvalue weighted by Crippen LogP contribution is 2.08. The van der Waals surface area contributed by atoms with Crippen LogP contribution in [0.15, 0.2) is 60.7 Å². The number of esters is 1. The van der Waals surface area contributed by atoms with Crippen molar-refractivity contribution in [3.8, 4) is 0 Å². The maximum absolute atomic E-state index is 12.0. The Balaban J connectivity index is 2.10. The van der Waals surface area contributed by atoms with Crippen LogP contribution in [0.2, 0.25) is 0 Å². The molecule has 3 nitrogen and oxygen atoms in total. The van der Waals surface area contributed by atoms with Gasteiger partial charge in [-0.15, -0.1) is 0 Å². The van der Waals surface area contributed by atoms with Gasteiger partial charge in [-0.3, -0.25) is 4.79 Å². The molecule has 20 heavy (non-hydrogen) atoms. The fourth-order valence-corrected chi connectivity index (χ4v) is 1.72. The van der Waals surface area contributed by atoms with Crippen LogP contribution in [-0.2, 0) is 4.74 Å². The summed E-state index contributed by atoms with van der Waals surface area (Å²) in [5, 5.41) is 0. The highest BCUT2D eigenvalue weighted by atomic mass is 16.5. The van der Waals surface area contributed by atoms with E-state index in [2.05, 4.69) is 4.74 Å². The summed E-state index contributed by atoms with van der Waals surface area (Å²) in [4.78, 5) is 23.2. The molecule has 3 heteroatoms. The van der Waals surface area contributed by atoms with Gasteiger partial charge >= 0.3 is 5.97 Å². The molecule has 2 rings (SSSR count). The highest BCUT2D eigenvalue weighted by Gasteiger charge is 2.06. The maximum Gasteiger partial charge on any atom is 0.337 e. The van der Waals surface area contributed by atoms with E-state index in [9.17, 15) is 9.59 Å². The van der Waals surface area contributed by atoms with Crippen molar-refractivity contribution in [3.05, 3.63) is 77.4 Å². The van der Waals surface area contributed by atoms with Crippen molar-refractivity contribution >= 4 is 17.8 Å². The van der Waals surface area contributed by atoms with E-state index in [1.165, 1.54) is 13.2 Å². The van der Waals surface area contributed by atoms with Gasteiger partial charge in [-0.25, -0.2) is 4.79 Å². The zero-order valence-corrected chi connectivity index (χ0v) is 11.1. The maximum atomic E-state index is 12.0. The third-order valence-electron chi connectivity index (χ3n) is 2.82. The van der Waals surface area contributed by atoms with E-state index >= 15 is 0 Å². The first-order chi connectivity index (χ1) is 9.70. The molecule has 0 amide bonds. The number of methoxy groups -OCH3 is 1. The molecule has 0 heterocycles. The minimum atomic E-state index is -0.413. The number of benzene rings is 2. The van der Waals surface area contributed by atoms with Crippen LogP contribution in [0.4, 0.5) is 0 Å². The van der Waals surface area contributed by atoms with Crippen molar-refractivity contribution < 1.29 is 14.3 Å². The molecule has 2 aromatic rings. The Morgan fingerprint density at radius 3 is 2.10 bits per heavy atom. The Bertz CT molecular complexity index is 625. The van der Waals surface area contributed by atoms with Gasteiger partial charge in [0.25, 0.3) is 0 Å². The Morgan fingerprint density at radius 2 is 1.50 bits per heavy atom. The van der Waals surface area contributed by atoms with Crippen LogP contribution in [0.25, 0.3) is 6.08 Å². The standard InChI is InChI=1S/C17H14O3/c1-20-17(19)15-10-8-14(9-11-15)16(18)12-7-13-5-3-2-4-6-13/h2-12H,1H3/b12-7+. The Hall–Kier alpha value is -2.68. The fraction of sp³-hybridized carbons (Fsp3) is 0.0588. The number of carbonyl (C=O) groups excluding carboxylic acids is 2. The fourth-order valence-electron chi connectivity index (χ4n) is 1.72. The van der Waals surface area contributed by atoms with Gasteiger partial charge in [0.1, 0.15) is 0 Å². The molecule has 0 N–H and O–H groups in total. The largest absolute Gasteiger partial charge is 0.465 e. The zero-order valence-electron chi connectivity index (χ0n) is 11.1. The summed E-state index contributed by atoms with van der Waals surface area (Å²) in [5.41, 5.74) is 1.92. The van der Waals surface area contributed by atoms with Crippen LogP contribution in [0, 0.1) is 0 Å². The third kappa shape index (κ3) is 3.42. The van der Waals surface area contributed by atoms with Crippen LogP contribution in [-0.4, -0.2) is 18.9 Å². The SMILES string of the molecule is COC(=O)c1ccc(C(=O)/C=C/c2ccccc2)cc1. The van der Waals surface area contributed by atoms with Crippen LogP contribution in [0.1, 0.15) is 26.3 Å². The number of hydrogen-bond donors (Lipinski definition) is 0. The number of allylic oxidation sites excluding steroid dienone is 1. The summed E-state index contributed by atoms with van der Waals surface area (Å²) in [5.74, 6) is -0.519. The molecular formula is C17H14O3. The van der Waals surface area contributed by atoms with Crippen molar-refractivity contribution in [1.29, 1.82) is 0 Å². The van der Waals surface area contributed by atoms with Crippen molar-refractivity contribution in [2.24, 2.45) is 0 Å². The molecule has 0 bridgehead atoms. The molecule has 0 saturated carbocycles. The van der Waals surface area contributed by atoms with E-state index in [-0.39, 0.29) is 5.78 Å². The van der Waals surface area contributed by atoms with Gasteiger partial charge in [0, 0.05) is 5.56 Å². The quantitative estimate of drug-likeness (QED) is 0.484. The lowest BCUT2D eigenvalue weighted by atomic mass is 10.1. The molecule has 2 aromatic carbocycles. The summed E-state index contributed by atoms with van der Waals surface area (Å²) in [7, 11) is 1.32. The van der Waals surface area contributed by atoms with Gasteiger partial charge in [-0.1, -0.05) is 48.5 Å². The van der Waals surface area contributed by atoms with Crippen molar-refractivity contribution in [2.75, 3.05) is 7.11 Å². The average molecular weight is 266 g/mol. The summed E-state index contributed by atoms with van der Waals surface area (Å²) >= 11 is 0. The van der Waals surface area contributed by atoms with Crippen molar-refractivity contribution in [1.82, 2.24) is 0 Å². The highest BCUT2D eigenvalue weighted by molar-refractivity contribution is 6.07. The summed E-state index contributed by atoms with van der Waals surface area (Å²) in [6, 6.07) is 16.0. The first-order valence-corrected chi connectivity index (χ1v) is 6.16. The molecule has 0 aliphatic carbocycles. The van der Waals surface area contributed by atoms with Gasteiger partial charge in [-0.2, -0.15) is 0 Å². The van der Waals surface area contributed by atoms with E-state index in [1.54, 1.807) is 30.3 Å². The minimum absolute atomic E-state index is 0.106. The molecule has 0 radical (unpaired) electrons. The molecular weight excluding hydrogens is 252 g/mol. The number of ketones is 1. The lowest BCUT2D eigenvalue weighted by molar-refractivity contribution is 0.0600. The van der Waals surface area contributed by atoms with E-state index in [0.29, 0.717) is 11.1 Å². The van der Waals surface area contributed by atoms with E-state index < -0.39 is 5.97 Å². The summed E-state index contributed by atoms with van der Waals surface area (Å²) in [6.07, 6.45) is 3.28. The van der Waals surface area contributed by atoms with Crippen molar-refractivity contribution in [2.45, 2.75) is 0 Å². The smallest absolute Gasteiger partial charge is 0.337 e. The Labute approximate surface area is 117 Å². The lowest BCUT2D eigenvalue weighted by Gasteiger charge is -2.00. The lowest BCUT2D eigenvalue weighted by Crippen LogP contribution is -2.02. The number of rotatable bonds is 4. The zero-order chi connectivity index (χ0) is 14.4. The van der Waals surface area contributed by atoms with Gasteiger partial charge in [0.2, 0.25) is 0 Å². The molecule has 0 aromatic heterocycles. The average Bonchev–Trinajstić information content (AvgIpc) is 2.53. The second-order valence-electron chi connectivity index (χ2n) is 4.18. The van der Waals surface area contributed by atoms with Gasteiger partial charge < -0.3 is 4.74 Å². The second kappa shape index (κ2) is 6.48. The van der Waals surface area contributed by atoms with Crippen molar-refractivity contribution in [3.63, 3.8) is 0 Å². The molecule has 0 aliphatic rings. The number of carbonyl (C=O) groups is 2.